The predicted molar refractivity (Wildman–Crippen MR) is 108 cm³/mol. The SMILES string of the molecule is Cc1c(C(=O)NCCc2c[nH]c3ccccc23)cnn1-c1cccc(Cl)c1. The number of carbonyl (C=O) groups excluding carboxylic acids is 1. The first-order valence-electron chi connectivity index (χ1n) is 8.77. The minimum Gasteiger partial charge on any atom is -0.361 e. The predicted octanol–water partition coefficient (Wildman–Crippen LogP) is 4.29. The highest BCUT2D eigenvalue weighted by molar-refractivity contribution is 6.30. The van der Waals surface area contributed by atoms with Crippen LogP contribution in [0.2, 0.25) is 5.02 Å². The number of hydrogen-bond donors (Lipinski definition) is 2. The van der Waals surface area contributed by atoms with E-state index in [-0.39, 0.29) is 5.91 Å². The van der Waals surface area contributed by atoms with Gasteiger partial charge in [0, 0.05) is 28.7 Å². The van der Waals surface area contributed by atoms with Gasteiger partial charge in [0.25, 0.3) is 5.91 Å². The number of H-pyrrole nitrogens is 1. The summed E-state index contributed by atoms with van der Waals surface area (Å²) in [4.78, 5) is 15.8. The summed E-state index contributed by atoms with van der Waals surface area (Å²) in [5.41, 5.74) is 4.48. The van der Waals surface area contributed by atoms with Crippen LogP contribution in [-0.2, 0) is 6.42 Å². The maximum absolute atomic E-state index is 12.6. The molecule has 2 aromatic heterocycles. The zero-order valence-electron chi connectivity index (χ0n) is 14.9. The average Bonchev–Trinajstić information content (AvgIpc) is 3.25. The van der Waals surface area contributed by atoms with Crippen LogP contribution in [0.1, 0.15) is 21.6 Å². The van der Waals surface area contributed by atoms with Crippen LogP contribution < -0.4 is 5.32 Å². The molecule has 2 heterocycles. The molecule has 1 amide bonds. The molecule has 0 saturated carbocycles. The molecule has 4 rings (SSSR count). The second kappa shape index (κ2) is 7.29. The molecule has 0 bridgehead atoms. The fraction of sp³-hybridized carbons (Fsp3) is 0.143. The zero-order valence-corrected chi connectivity index (χ0v) is 15.6. The van der Waals surface area contributed by atoms with Crippen LogP contribution >= 0.6 is 11.6 Å². The molecular weight excluding hydrogens is 360 g/mol. The van der Waals surface area contributed by atoms with Crippen LogP contribution in [0.5, 0.6) is 0 Å². The molecule has 27 heavy (non-hydrogen) atoms. The van der Waals surface area contributed by atoms with E-state index in [2.05, 4.69) is 21.5 Å². The van der Waals surface area contributed by atoms with Gasteiger partial charge in [-0.1, -0.05) is 35.9 Å². The van der Waals surface area contributed by atoms with E-state index in [1.807, 2.05) is 55.6 Å². The van der Waals surface area contributed by atoms with Gasteiger partial charge in [-0.2, -0.15) is 5.10 Å². The van der Waals surface area contributed by atoms with Crippen molar-refractivity contribution in [3.05, 3.63) is 82.8 Å². The van der Waals surface area contributed by atoms with Crippen LogP contribution in [0.3, 0.4) is 0 Å². The smallest absolute Gasteiger partial charge is 0.254 e. The molecule has 0 aliphatic carbocycles. The van der Waals surface area contributed by atoms with Gasteiger partial charge in [-0.25, -0.2) is 4.68 Å². The Morgan fingerprint density at radius 3 is 2.93 bits per heavy atom. The van der Waals surface area contributed by atoms with Crippen molar-refractivity contribution in [2.75, 3.05) is 6.54 Å². The molecule has 0 aliphatic rings. The van der Waals surface area contributed by atoms with Crippen molar-refractivity contribution in [1.82, 2.24) is 20.1 Å². The quantitative estimate of drug-likeness (QED) is 0.544. The van der Waals surface area contributed by atoms with Crippen LogP contribution in [-0.4, -0.2) is 27.2 Å². The molecule has 0 spiro atoms. The van der Waals surface area contributed by atoms with E-state index in [0.29, 0.717) is 17.1 Å². The molecule has 0 radical (unpaired) electrons. The summed E-state index contributed by atoms with van der Waals surface area (Å²) < 4.78 is 1.72. The van der Waals surface area contributed by atoms with E-state index in [9.17, 15) is 4.79 Å². The maximum atomic E-state index is 12.6. The van der Waals surface area contributed by atoms with Crippen molar-refractivity contribution in [1.29, 1.82) is 0 Å². The van der Waals surface area contributed by atoms with E-state index in [1.54, 1.807) is 10.9 Å². The van der Waals surface area contributed by atoms with Crippen LogP contribution in [0.15, 0.2) is 60.9 Å². The monoisotopic (exact) mass is 378 g/mol. The fourth-order valence-electron chi connectivity index (χ4n) is 3.25. The van der Waals surface area contributed by atoms with Crippen LogP contribution in [0.4, 0.5) is 0 Å². The summed E-state index contributed by atoms with van der Waals surface area (Å²) in [5.74, 6) is -0.124. The number of amides is 1. The maximum Gasteiger partial charge on any atom is 0.254 e. The summed E-state index contributed by atoms with van der Waals surface area (Å²) in [6.07, 6.45) is 4.35. The number of rotatable bonds is 5. The number of aromatic amines is 1. The second-order valence-electron chi connectivity index (χ2n) is 6.40. The van der Waals surface area contributed by atoms with Crippen molar-refractivity contribution < 1.29 is 4.79 Å². The topological polar surface area (TPSA) is 62.7 Å². The fourth-order valence-corrected chi connectivity index (χ4v) is 3.43. The highest BCUT2D eigenvalue weighted by Crippen LogP contribution is 2.19. The number of benzene rings is 2. The van der Waals surface area contributed by atoms with Gasteiger partial charge in [-0.05, 0) is 43.2 Å². The molecular formula is C21H19ClN4O. The molecule has 0 saturated heterocycles. The van der Waals surface area contributed by atoms with Crippen molar-refractivity contribution in [3.8, 4) is 5.69 Å². The van der Waals surface area contributed by atoms with Gasteiger partial charge >= 0.3 is 0 Å². The molecule has 2 N–H and O–H groups in total. The number of hydrogen-bond acceptors (Lipinski definition) is 2. The third-order valence-electron chi connectivity index (χ3n) is 4.66. The average molecular weight is 379 g/mol. The molecule has 6 heteroatoms. The lowest BCUT2D eigenvalue weighted by Crippen LogP contribution is -2.26. The zero-order chi connectivity index (χ0) is 18.8. The molecule has 136 valence electrons. The number of para-hydroxylation sites is 1. The molecule has 5 nitrogen and oxygen atoms in total. The third-order valence-corrected chi connectivity index (χ3v) is 4.90. The van der Waals surface area contributed by atoms with E-state index in [4.69, 9.17) is 11.6 Å². The lowest BCUT2D eigenvalue weighted by Gasteiger charge is -2.07. The van der Waals surface area contributed by atoms with Crippen LogP contribution in [0.25, 0.3) is 16.6 Å². The number of nitrogens with one attached hydrogen (secondary N) is 2. The van der Waals surface area contributed by atoms with Crippen molar-refractivity contribution >= 4 is 28.4 Å². The van der Waals surface area contributed by atoms with Gasteiger partial charge < -0.3 is 10.3 Å². The molecule has 0 fully saturated rings. The number of carbonyl (C=O) groups is 1. The Labute approximate surface area is 162 Å². The lowest BCUT2D eigenvalue weighted by atomic mass is 10.1. The van der Waals surface area contributed by atoms with Gasteiger partial charge in [0.1, 0.15) is 0 Å². The first kappa shape index (κ1) is 17.4. The minimum absolute atomic E-state index is 0.124. The summed E-state index contributed by atoms with van der Waals surface area (Å²) in [6, 6.07) is 15.6. The van der Waals surface area contributed by atoms with E-state index >= 15 is 0 Å². The summed E-state index contributed by atoms with van der Waals surface area (Å²) >= 11 is 6.05. The Morgan fingerprint density at radius 1 is 1.22 bits per heavy atom. The highest BCUT2D eigenvalue weighted by Gasteiger charge is 2.15. The lowest BCUT2D eigenvalue weighted by molar-refractivity contribution is 0.0953. The number of aromatic nitrogens is 3. The van der Waals surface area contributed by atoms with E-state index < -0.39 is 0 Å². The minimum atomic E-state index is -0.124. The molecule has 2 aromatic carbocycles. The summed E-state index contributed by atoms with van der Waals surface area (Å²) in [7, 11) is 0. The Morgan fingerprint density at radius 2 is 2.07 bits per heavy atom. The second-order valence-corrected chi connectivity index (χ2v) is 6.84. The standard InChI is InChI=1S/C21H19ClN4O/c1-14-19(13-25-26(14)17-6-4-5-16(22)11-17)21(27)23-10-9-15-12-24-20-8-3-2-7-18(15)20/h2-8,11-13,24H,9-10H2,1H3,(H,23,27). The Balaban J connectivity index is 1.44. The first-order chi connectivity index (χ1) is 13.1. The van der Waals surface area contributed by atoms with E-state index in [0.717, 1.165) is 23.3 Å². The molecule has 4 aromatic rings. The molecule has 0 aliphatic heterocycles. The molecule has 0 unspecified atom stereocenters. The van der Waals surface area contributed by atoms with Crippen molar-refractivity contribution in [3.63, 3.8) is 0 Å². The highest BCUT2D eigenvalue weighted by atomic mass is 35.5. The van der Waals surface area contributed by atoms with Gasteiger partial charge in [0.2, 0.25) is 0 Å². The normalized spacial score (nSPS) is 11.0. The van der Waals surface area contributed by atoms with Gasteiger partial charge in [0.05, 0.1) is 23.1 Å². The first-order valence-corrected chi connectivity index (χ1v) is 9.15. The number of fused-ring (bicyclic) bond motifs is 1. The number of nitrogens with zero attached hydrogens (tertiary/aromatic N) is 2. The Kier molecular flexibility index (Phi) is 4.69. The van der Waals surface area contributed by atoms with Gasteiger partial charge in [-0.15, -0.1) is 0 Å². The van der Waals surface area contributed by atoms with Crippen LogP contribution in [0, 0.1) is 6.92 Å². The third kappa shape index (κ3) is 3.46. The van der Waals surface area contributed by atoms with Crippen molar-refractivity contribution in [2.45, 2.75) is 13.3 Å². The summed E-state index contributed by atoms with van der Waals surface area (Å²) in [5, 5.41) is 9.15. The van der Waals surface area contributed by atoms with E-state index in [1.165, 1.54) is 10.9 Å². The Bertz CT molecular complexity index is 1110. The largest absolute Gasteiger partial charge is 0.361 e. The Hall–Kier alpha value is -3.05. The number of halogens is 1. The summed E-state index contributed by atoms with van der Waals surface area (Å²) in [6.45, 7) is 2.44. The van der Waals surface area contributed by atoms with Gasteiger partial charge in [0.15, 0.2) is 0 Å². The van der Waals surface area contributed by atoms with Crippen molar-refractivity contribution in [2.24, 2.45) is 0 Å². The van der Waals surface area contributed by atoms with Gasteiger partial charge in [-0.3, -0.25) is 4.79 Å². The molecule has 0 atom stereocenters.